The van der Waals surface area contributed by atoms with E-state index in [9.17, 15) is 9.59 Å². The molecule has 0 heterocycles. The molecule has 1 atom stereocenters. The lowest BCUT2D eigenvalue weighted by atomic mass is 9.97. The fraction of sp³-hybridized carbons (Fsp3) is 0.867. The number of carboxylic acids is 1. The van der Waals surface area contributed by atoms with Gasteiger partial charge in [0.2, 0.25) is 0 Å². The Kier molecular flexibility index (Phi) is 25.3. The van der Waals surface area contributed by atoms with Crippen molar-refractivity contribution in [1.29, 1.82) is 0 Å². The van der Waals surface area contributed by atoms with E-state index in [-0.39, 0.29) is 12.4 Å². The topological polar surface area (TPSA) is 63.6 Å². The summed E-state index contributed by atoms with van der Waals surface area (Å²) < 4.78 is 5.14. The maximum atomic E-state index is 12.0. The van der Waals surface area contributed by atoms with Gasteiger partial charge in [-0.25, -0.2) is 0 Å². The molecule has 0 aliphatic heterocycles. The molecule has 0 aliphatic carbocycles. The van der Waals surface area contributed by atoms with Crippen molar-refractivity contribution >= 4 is 11.9 Å². The summed E-state index contributed by atoms with van der Waals surface area (Å²) in [5.41, 5.74) is 0. The first kappa shape index (κ1) is 32.7. The highest BCUT2D eigenvalue weighted by atomic mass is 16.5. The minimum Gasteiger partial charge on any atom is -0.481 e. The van der Waals surface area contributed by atoms with Gasteiger partial charge in [-0.05, 0) is 38.5 Å². The summed E-state index contributed by atoms with van der Waals surface area (Å²) in [7, 11) is 0. The smallest absolute Gasteiger partial charge is 0.309 e. The van der Waals surface area contributed by atoms with Crippen molar-refractivity contribution in [2.45, 2.75) is 155 Å². The molecule has 0 spiro atoms. The van der Waals surface area contributed by atoms with Gasteiger partial charge in [0, 0.05) is 0 Å². The standard InChI is InChI=1S/C30H56O4/c1-3-5-6-7-8-9-10-11-12-13-14-15-16-17-18-19-20-21-22-23-24-25-28(27-29(31)32)30(33)34-26-4-2/h19-20,28H,3-18,21-27H2,1-2H3,(H,31,32)/b20-19+. The van der Waals surface area contributed by atoms with Gasteiger partial charge in [-0.2, -0.15) is 0 Å². The Balaban J connectivity index is 3.46. The van der Waals surface area contributed by atoms with Crippen LogP contribution < -0.4 is 0 Å². The van der Waals surface area contributed by atoms with Crippen molar-refractivity contribution in [1.82, 2.24) is 0 Å². The average molecular weight is 481 g/mol. The quantitative estimate of drug-likeness (QED) is 0.0760. The lowest BCUT2D eigenvalue weighted by Gasteiger charge is -2.13. The molecule has 0 saturated carbocycles. The van der Waals surface area contributed by atoms with E-state index in [0.29, 0.717) is 13.0 Å². The van der Waals surface area contributed by atoms with Gasteiger partial charge in [-0.3, -0.25) is 9.59 Å². The van der Waals surface area contributed by atoms with Crippen LogP contribution >= 0.6 is 0 Å². The molecular weight excluding hydrogens is 424 g/mol. The molecule has 0 aliphatic rings. The number of allylic oxidation sites excluding steroid dienone is 2. The summed E-state index contributed by atoms with van der Waals surface area (Å²) in [6.07, 6.45) is 30.7. The van der Waals surface area contributed by atoms with E-state index in [1.165, 1.54) is 96.3 Å². The van der Waals surface area contributed by atoms with Gasteiger partial charge in [0.05, 0.1) is 18.9 Å². The number of unbranched alkanes of at least 4 members (excludes halogenated alkanes) is 17. The van der Waals surface area contributed by atoms with Crippen LogP contribution in [0.25, 0.3) is 0 Å². The Morgan fingerprint density at radius 3 is 1.53 bits per heavy atom. The molecule has 1 unspecified atom stereocenters. The van der Waals surface area contributed by atoms with Crippen molar-refractivity contribution in [2.24, 2.45) is 5.92 Å². The molecule has 1 N–H and O–H groups in total. The number of rotatable bonds is 26. The van der Waals surface area contributed by atoms with Crippen LogP contribution in [0, 0.1) is 5.92 Å². The van der Waals surface area contributed by atoms with Crippen LogP contribution in [-0.2, 0) is 14.3 Å². The highest BCUT2D eigenvalue weighted by Crippen LogP contribution is 2.17. The molecule has 0 saturated heterocycles. The molecule has 0 amide bonds. The SMILES string of the molecule is CCCCCCCCCCCCCCCC/C=C/CCCCCC(CC(=O)O)C(=O)OCCC. The van der Waals surface area contributed by atoms with Gasteiger partial charge in [-0.15, -0.1) is 0 Å². The monoisotopic (exact) mass is 480 g/mol. The molecule has 0 bridgehead atoms. The Morgan fingerprint density at radius 1 is 0.647 bits per heavy atom. The van der Waals surface area contributed by atoms with E-state index in [1.807, 2.05) is 6.92 Å². The lowest BCUT2D eigenvalue weighted by molar-refractivity contribution is -0.153. The molecule has 0 aromatic heterocycles. The van der Waals surface area contributed by atoms with E-state index < -0.39 is 11.9 Å². The largest absolute Gasteiger partial charge is 0.481 e. The zero-order valence-corrected chi connectivity index (χ0v) is 22.7. The second kappa shape index (κ2) is 26.3. The van der Waals surface area contributed by atoms with E-state index in [2.05, 4.69) is 19.1 Å². The van der Waals surface area contributed by atoms with Crippen molar-refractivity contribution in [2.75, 3.05) is 6.61 Å². The molecule has 0 rings (SSSR count). The van der Waals surface area contributed by atoms with Gasteiger partial charge in [0.25, 0.3) is 0 Å². The predicted molar refractivity (Wildman–Crippen MR) is 144 cm³/mol. The third-order valence-corrected chi connectivity index (χ3v) is 6.52. The van der Waals surface area contributed by atoms with Gasteiger partial charge >= 0.3 is 11.9 Å². The Bertz CT molecular complexity index is 486. The van der Waals surface area contributed by atoms with Gasteiger partial charge in [0.1, 0.15) is 0 Å². The van der Waals surface area contributed by atoms with E-state index >= 15 is 0 Å². The van der Waals surface area contributed by atoms with Gasteiger partial charge < -0.3 is 9.84 Å². The van der Waals surface area contributed by atoms with E-state index in [4.69, 9.17) is 9.84 Å². The minimum absolute atomic E-state index is 0.123. The molecule has 0 aromatic rings. The number of hydrogen-bond acceptors (Lipinski definition) is 3. The second-order valence-electron chi connectivity index (χ2n) is 9.96. The first-order valence-electron chi connectivity index (χ1n) is 14.6. The number of carbonyl (C=O) groups excluding carboxylic acids is 1. The van der Waals surface area contributed by atoms with E-state index in [1.54, 1.807) is 0 Å². The predicted octanol–water partition coefficient (Wildman–Crippen LogP) is 9.41. The maximum absolute atomic E-state index is 12.0. The van der Waals surface area contributed by atoms with Crippen LogP contribution in [0.5, 0.6) is 0 Å². The number of esters is 1. The maximum Gasteiger partial charge on any atom is 0.309 e. The first-order chi connectivity index (χ1) is 16.6. The molecule has 0 fully saturated rings. The number of carboxylic acid groups (broad SMARTS) is 1. The summed E-state index contributed by atoms with van der Waals surface area (Å²) in [5.74, 6) is -1.78. The average Bonchev–Trinajstić information content (AvgIpc) is 2.82. The number of aliphatic carboxylic acids is 1. The number of carbonyl (C=O) groups is 2. The first-order valence-corrected chi connectivity index (χ1v) is 14.6. The van der Waals surface area contributed by atoms with E-state index in [0.717, 1.165) is 32.1 Å². The lowest BCUT2D eigenvalue weighted by Crippen LogP contribution is -2.21. The minimum atomic E-state index is -0.926. The Labute approximate surface area is 211 Å². The highest BCUT2D eigenvalue weighted by Gasteiger charge is 2.22. The van der Waals surface area contributed by atoms with Crippen LogP contribution in [0.2, 0.25) is 0 Å². The van der Waals surface area contributed by atoms with Crippen molar-refractivity contribution in [3.8, 4) is 0 Å². The number of ether oxygens (including phenoxy) is 1. The van der Waals surface area contributed by atoms with Gasteiger partial charge in [0.15, 0.2) is 0 Å². The summed E-state index contributed by atoms with van der Waals surface area (Å²) in [6.45, 7) is 4.59. The van der Waals surface area contributed by atoms with Crippen molar-refractivity contribution < 1.29 is 19.4 Å². The van der Waals surface area contributed by atoms with Gasteiger partial charge in [-0.1, -0.05) is 122 Å². The third-order valence-electron chi connectivity index (χ3n) is 6.52. The zero-order valence-electron chi connectivity index (χ0n) is 22.7. The second-order valence-corrected chi connectivity index (χ2v) is 9.96. The molecule has 0 radical (unpaired) electrons. The number of hydrogen-bond donors (Lipinski definition) is 1. The van der Waals surface area contributed by atoms with Crippen molar-refractivity contribution in [3.05, 3.63) is 12.2 Å². The zero-order chi connectivity index (χ0) is 25.1. The Hall–Kier alpha value is -1.32. The molecule has 4 heteroatoms. The van der Waals surface area contributed by atoms with Crippen LogP contribution in [0.15, 0.2) is 12.2 Å². The molecule has 34 heavy (non-hydrogen) atoms. The van der Waals surface area contributed by atoms with Crippen LogP contribution in [0.4, 0.5) is 0 Å². The molecular formula is C30H56O4. The van der Waals surface area contributed by atoms with Crippen molar-refractivity contribution in [3.63, 3.8) is 0 Å². The molecule has 4 nitrogen and oxygen atoms in total. The fourth-order valence-corrected chi connectivity index (χ4v) is 4.36. The fourth-order valence-electron chi connectivity index (χ4n) is 4.36. The summed E-state index contributed by atoms with van der Waals surface area (Å²) in [6, 6.07) is 0. The highest BCUT2D eigenvalue weighted by molar-refractivity contribution is 5.79. The third kappa shape index (κ3) is 23.8. The molecule has 0 aromatic carbocycles. The summed E-state index contributed by atoms with van der Waals surface area (Å²) in [4.78, 5) is 23.0. The normalized spacial score (nSPS) is 12.3. The summed E-state index contributed by atoms with van der Waals surface area (Å²) >= 11 is 0. The summed E-state index contributed by atoms with van der Waals surface area (Å²) in [5, 5.41) is 9.01. The van der Waals surface area contributed by atoms with Crippen LogP contribution in [0.3, 0.4) is 0 Å². The van der Waals surface area contributed by atoms with Crippen LogP contribution in [0.1, 0.15) is 155 Å². The molecule has 200 valence electrons. The Morgan fingerprint density at radius 2 is 1.09 bits per heavy atom. The van der Waals surface area contributed by atoms with Crippen LogP contribution in [-0.4, -0.2) is 23.7 Å².